The number of alkyl halides is 3. The molecule has 0 saturated carbocycles. The molecular formula is C12H3F8NO. The second-order valence-electron chi connectivity index (χ2n) is 4.04. The summed E-state index contributed by atoms with van der Waals surface area (Å²) in [7, 11) is 0. The molecule has 0 spiro atoms. The Labute approximate surface area is 116 Å². The Hall–Kier alpha value is -2.39. The Kier molecular flexibility index (Phi) is 3.71. The number of aromatic amines is 1. The average Bonchev–Trinajstić information content (AvgIpc) is 2.42. The molecular weight excluding hydrogens is 326 g/mol. The molecule has 118 valence electrons. The van der Waals surface area contributed by atoms with E-state index < -0.39 is 57.5 Å². The first-order valence-corrected chi connectivity index (χ1v) is 5.38. The van der Waals surface area contributed by atoms with Gasteiger partial charge in [0.25, 0.3) is 5.56 Å². The minimum absolute atomic E-state index is 0.391. The minimum atomic E-state index is -5.37. The van der Waals surface area contributed by atoms with Crippen LogP contribution in [0.15, 0.2) is 17.1 Å². The first-order chi connectivity index (χ1) is 10.1. The lowest BCUT2D eigenvalue weighted by atomic mass is 9.99. The molecule has 22 heavy (non-hydrogen) atoms. The van der Waals surface area contributed by atoms with Crippen molar-refractivity contribution in [2.45, 2.75) is 6.18 Å². The molecule has 0 unspecified atom stereocenters. The molecule has 0 atom stereocenters. The van der Waals surface area contributed by atoms with Crippen LogP contribution in [0, 0.1) is 29.1 Å². The van der Waals surface area contributed by atoms with Crippen molar-refractivity contribution in [3.8, 4) is 11.1 Å². The summed E-state index contributed by atoms with van der Waals surface area (Å²) in [4.78, 5) is 12.9. The second kappa shape index (κ2) is 5.11. The fourth-order valence-corrected chi connectivity index (χ4v) is 1.81. The van der Waals surface area contributed by atoms with E-state index >= 15 is 0 Å². The summed E-state index contributed by atoms with van der Waals surface area (Å²) in [6.45, 7) is 0. The molecule has 0 fully saturated rings. The highest BCUT2D eigenvalue weighted by Gasteiger charge is 2.39. The zero-order chi connectivity index (χ0) is 16.8. The zero-order valence-corrected chi connectivity index (χ0v) is 10.1. The van der Waals surface area contributed by atoms with Gasteiger partial charge in [-0.15, -0.1) is 0 Å². The summed E-state index contributed by atoms with van der Waals surface area (Å²) in [5.41, 5.74) is -7.13. The summed E-state index contributed by atoms with van der Waals surface area (Å²) in [5, 5.41) is 0. The first kappa shape index (κ1) is 16.0. The molecule has 2 nitrogen and oxygen atoms in total. The van der Waals surface area contributed by atoms with Crippen molar-refractivity contribution in [3.63, 3.8) is 0 Å². The van der Waals surface area contributed by atoms with Gasteiger partial charge in [0.2, 0.25) is 5.82 Å². The molecule has 0 aliphatic heterocycles. The monoisotopic (exact) mass is 329 g/mol. The van der Waals surface area contributed by atoms with Gasteiger partial charge in [0.15, 0.2) is 23.3 Å². The molecule has 1 N–H and O–H groups in total. The third-order valence-corrected chi connectivity index (χ3v) is 2.72. The molecule has 0 radical (unpaired) electrons. The van der Waals surface area contributed by atoms with Crippen molar-refractivity contribution in [2.75, 3.05) is 0 Å². The van der Waals surface area contributed by atoms with E-state index in [2.05, 4.69) is 0 Å². The number of hydrogen-bond donors (Lipinski definition) is 1. The quantitative estimate of drug-likeness (QED) is 0.482. The molecule has 2 aromatic rings. The van der Waals surface area contributed by atoms with E-state index in [4.69, 9.17) is 0 Å². The number of nitrogens with one attached hydrogen (secondary N) is 1. The third-order valence-electron chi connectivity index (χ3n) is 2.72. The molecule has 0 bridgehead atoms. The number of aromatic nitrogens is 1. The fourth-order valence-electron chi connectivity index (χ4n) is 1.81. The average molecular weight is 329 g/mol. The Morgan fingerprint density at radius 3 is 1.73 bits per heavy atom. The lowest BCUT2D eigenvalue weighted by molar-refractivity contribution is -0.138. The lowest BCUT2D eigenvalue weighted by Crippen LogP contribution is -2.23. The van der Waals surface area contributed by atoms with Crippen LogP contribution in [0.3, 0.4) is 0 Å². The number of hydrogen-bond acceptors (Lipinski definition) is 1. The molecule has 0 aliphatic rings. The van der Waals surface area contributed by atoms with Gasteiger partial charge in [0.1, 0.15) is 5.56 Å². The van der Waals surface area contributed by atoms with E-state index in [0.717, 1.165) is 0 Å². The largest absolute Gasteiger partial charge is 0.422 e. The van der Waals surface area contributed by atoms with Gasteiger partial charge >= 0.3 is 6.18 Å². The highest BCUT2D eigenvalue weighted by molar-refractivity contribution is 5.69. The van der Waals surface area contributed by atoms with Gasteiger partial charge in [-0.05, 0) is 6.07 Å². The number of pyridine rings is 1. The van der Waals surface area contributed by atoms with Crippen LogP contribution in [0.5, 0.6) is 0 Å². The van der Waals surface area contributed by atoms with Gasteiger partial charge in [-0.3, -0.25) is 4.79 Å². The van der Waals surface area contributed by atoms with Gasteiger partial charge in [-0.25, -0.2) is 22.0 Å². The van der Waals surface area contributed by atoms with Crippen LogP contribution in [0.2, 0.25) is 0 Å². The van der Waals surface area contributed by atoms with Crippen LogP contribution in [0.25, 0.3) is 11.1 Å². The molecule has 0 amide bonds. The summed E-state index contributed by atoms with van der Waals surface area (Å²) in [5.74, 6) is -12.3. The van der Waals surface area contributed by atoms with Crippen LogP contribution < -0.4 is 5.56 Å². The van der Waals surface area contributed by atoms with Crippen LogP contribution in [-0.4, -0.2) is 4.98 Å². The number of benzene rings is 1. The fraction of sp³-hybridized carbons (Fsp3) is 0.0833. The number of rotatable bonds is 1. The van der Waals surface area contributed by atoms with Gasteiger partial charge in [0.05, 0.1) is 5.56 Å². The van der Waals surface area contributed by atoms with E-state index in [0.29, 0.717) is 12.3 Å². The van der Waals surface area contributed by atoms with Gasteiger partial charge in [-0.2, -0.15) is 13.2 Å². The van der Waals surface area contributed by atoms with E-state index in [1.807, 2.05) is 0 Å². The maximum atomic E-state index is 13.6. The SMILES string of the molecule is O=c1[nH]ccc(-c2c(F)c(F)c(F)c(F)c2F)c1C(F)(F)F. The third kappa shape index (κ3) is 2.34. The predicted octanol–water partition coefficient (Wildman–Crippen LogP) is 3.76. The summed E-state index contributed by atoms with van der Waals surface area (Å²) in [6, 6.07) is 0.391. The van der Waals surface area contributed by atoms with Crippen molar-refractivity contribution in [2.24, 2.45) is 0 Å². The van der Waals surface area contributed by atoms with E-state index in [-0.39, 0.29) is 0 Å². The minimum Gasteiger partial charge on any atom is -0.329 e. The molecule has 10 heteroatoms. The normalized spacial score (nSPS) is 11.8. The molecule has 1 aromatic heterocycles. The first-order valence-electron chi connectivity index (χ1n) is 5.38. The second-order valence-corrected chi connectivity index (χ2v) is 4.04. The maximum Gasteiger partial charge on any atom is 0.422 e. The highest BCUT2D eigenvalue weighted by atomic mass is 19.4. The Bertz CT molecular complexity index is 779. The van der Waals surface area contributed by atoms with Crippen molar-refractivity contribution in [1.29, 1.82) is 0 Å². The van der Waals surface area contributed by atoms with Gasteiger partial charge in [0, 0.05) is 11.8 Å². The van der Waals surface area contributed by atoms with E-state index in [1.165, 1.54) is 0 Å². The van der Waals surface area contributed by atoms with Crippen LogP contribution in [-0.2, 0) is 6.18 Å². The smallest absolute Gasteiger partial charge is 0.329 e. The van der Waals surface area contributed by atoms with Crippen molar-refractivity contribution >= 4 is 0 Å². The Balaban J connectivity index is 2.97. The van der Waals surface area contributed by atoms with Crippen molar-refractivity contribution < 1.29 is 35.1 Å². The van der Waals surface area contributed by atoms with Crippen molar-refractivity contribution in [3.05, 3.63) is 57.3 Å². The molecule has 0 aliphatic carbocycles. The Morgan fingerprint density at radius 2 is 1.27 bits per heavy atom. The molecule has 0 saturated heterocycles. The standard InChI is InChI=1S/C12H3F8NO/c13-6-4(7(14)9(16)10(17)8(6)15)3-1-2-21-11(22)5(3)12(18,19)20/h1-2H,(H,21,22). The predicted molar refractivity (Wildman–Crippen MR) is 57.3 cm³/mol. The zero-order valence-electron chi connectivity index (χ0n) is 10.1. The van der Waals surface area contributed by atoms with E-state index in [1.54, 1.807) is 4.98 Å². The highest BCUT2D eigenvalue weighted by Crippen LogP contribution is 2.38. The lowest BCUT2D eigenvalue weighted by Gasteiger charge is -2.13. The van der Waals surface area contributed by atoms with Crippen LogP contribution in [0.1, 0.15) is 5.56 Å². The number of H-pyrrole nitrogens is 1. The summed E-state index contributed by atoms with van der Waals surface area (Å²) < 4.78 is 105. The summed E-state index contributed by atoms with van der Waals surface area (Å²) >= 11 is 0. The maximum absolute atomic E-state index is 13.6. The topological polar surface area (TPSA) is 32.9 Å². The molecule has 1 heterocycles. The van der Waals surface area contributed by atoms with Gasteiger partial charge in [-0.1, -0.05) is 0 Å². The summed E-state index contributed by atoms with van der Waals surface area (Å²) in [6.07, 6.45) is -4.78. The Morgan fingerprint density at radius 1 is 0.818 bits per heavy atom. The van der Waals surface area contributed by atoms with Gasteiger partial charge < -0.3 is 4.98 Å². The van der Waals surface area contributed by atoms with Crippen molar-refractivity contribution in [1.82, 2.24) is 4.98 Å². The van der Waals surface area contributed by atoms with Crippen LogP contribution in [0.4, 0.5) is 35.1 Å². The molecule has 2 rings (SSSR count). The van der Waals surface area contributed by atoms with E-state index in [9.17, 15) is 39.9 Å². The van der Waals surface area contributed by atoms with Crippen LogP contribution >= 0.6 is 0 Å². The molecule has 1 aromatic carbocycles. The number of halogens is 8.